The normalized spacial score (nSPS) is 9.85. The van der Waals surface area contributed by atoms with Crippen molar-refractivity contribution in [2.24, 2.45) is 0 Å². The third-order valence-electron chi connectivity index (χ3n) is 3.95. The number of hydrogen-bond acceptors (Lipinski definition) is 4. The van der Waals surface area contributed by atoms with Crippen LogP contribution >= 0.6 is 0 Å². The van der Waals surface area contributed by atoms with Crippen LogP contribution in [0.15, 0.2) is 60.7 Å². The van der Waals surface area contributed by atoms with Gasteiger partial charge in [0, 0.05) is 11.1 Å². The summed E-state index contributed by atoms with van der Waals surface area (Å²) >= 11 is 0. The van der Waals surface area contributed by atoms with Crippen molar-refractivity contribution in [1.82, 2.24) is 0 Å². The molecule has 4 nitrogen and oxygen atoms in total. The fraction of sp³-hybridized carbons (Fsp3) is 0.182. The summed E-state index contributed by atoms with van der Waals surface area (Å²) in [5, 5.41) is 2.14. The highest BCUT2D eigenvalue weighted by molar-refractivity contribution is 5.98. The van der Waals surface area contributed by atoms with Crippen LogP contribution < -0.4 is 9.47 Å². The minimum atomic E-state index is 0.0765. The van der Waals surface area contributed by atoms with Crippen molar-refractivity contribution in [3.63, 3.8) is 0 Å². The van der Waals surface area contributed by atoms with Gasteiger partial charge in [-0.15, -0.1) is 0 Å². The number of carbonyl (C=O) groups is 2. The molecule has 0 aromatic heterocycles. The van der Waals surface area contributed by atoms with Gasteiger partial charge in [-0.05, 0) is 67.1 Å². The molecule has 0 amide bonds. The SMILES string of the molecule is COc1ccc(C(C)=O)cc1.COc1ccc2cc(C(C)=O)ccc2c1. The number of hydrogen-bond donors (Lipinski definition) is 0. The average molecular weight is 350 g/mol. The van der Waals surface area contributed by atoms with E-state index in [1.807, 2.05) is 36.4 Å². The first-order valence-corrected chi connectivity index (χ1v) is 8.18. The summed E-state index contributed by atoms with van der Waals surface area (Å²) in [6, 6.07) is 18.5. The molecule has 4 heteroatoms. The van der Waals surface area contributed by atoms with E-state index in [9.17, 15) is 9.59 Å². The molecule has 0 bridgehead atoms. The lowest BCUT2D eigenvalue weighted by Gasteiger charge is -2.03. The summed E-state index contributed by atoms with van der Waals surface area (Å²) < 4.78 is 10.1. The van der Waals surface area contributed by atoms with Crippen molar-refractivity contribution in [3.8, 4) is 11.5 Å². The third-order valence-corrected chi connectivity index (χ3v) is 3.95. The Bertz CT molecular complexity index is 911. The molecule has 0 aliphatic rings. The first kappa shape index (κ1) is 19.2. The van der Waals surface area contributed by atoms with Crippen LogP contribution in [0.25, 0.3) is 10.8 Å². The van der Waals surface area contributed by atoms with E-state index in [1.54, 1.807) is 52.3 Å². The van der Waals surface area contributed by atoms with Gasteiger partial charge < -0.3 is 9.47 Å². The molecule has 0 N–H and O–H groups in total. The summed E-state index contributed by atoms with van der Waals surface area (Å²) in [5.41, 5.74) is 1.46. The summed E-state index contributed by atoms with van der Waals surface area (Å²) in [7, 11) is 3.24. The van der Waals surface area contributed by atoms with Gasteiger partial charge in [-0.25, -0.2) is 0 Å². The van der Waals surface area contributed by atoms with E-state index in [4.69, 9.17) is 9.47 Å². The van der Waals surface area contributed by atoms with Crippen molar-refractivity contribution in [3.05, 3.63) is 71.8 Å². The fourth-order valence-corrected chi connectivity index (χ4v) is 2.40. The maximum atomic E-state index is 11.2. The molecule has 0 saturated carbocycles. The Hall–Kier alpha value is -3.14. The molecule has 0 fully saturated rings. The van der Waals surface area contributed by atoms with Crippen molar-refractivity contribution in [1.29, 1.82) is 0 Å². The quantitative estimate of drug-likeness (QED) is 0.625. The second-order valence-electron chi connectivity index (χ2n) is 5.77. The Balaban J connectivity index is 0.000000197. The van der Waals surface area contributed by atoms with E-state index in [0.29, 0.717) is 5.56 Å². The van der Waals surface area contributed by atoms with Gasteiger partial charge in [0.25, 0.3) is 0 Å². The second kappa shape index (κ2) is 8.81. The zero-order valence-corrected chi connectivity index (χ0v) is 15.4. The predicted molar refractivity (Wildman–Crippen MR) is 104 cm³/mol. The van der Waals surface area contributed by atoms with E-state index >= 15 is 0 Å². The highest BCUT2D eigenvalue weighted by atomic mass is 16.5. The highest BCUT2D eigenvalue weighted by Gasteiger charge is 2.01. The van der Waals surface area contributed by atoms with Crippen molar-refractivity contribution < 1.29 is 19.1 Å². The molecule has 0 spiro atoms. The molecule has 3 aromatic rings. The fourth-order valence-electron chi connectivity index (χ4n) is 2.40. The molecule has 0 aliphatic carbocycles. The van der Waals surface area contributed by atoms with Crippen LogP contribution in [0.3, 0.4) is 0 Å². The molecule has 0 aliphatic heterocycles. The average Bonchev–Trinajstić information content (AvgIpc) is 2.67. The van der Waals surface area contributed by atoms with Crippen molar-refractivity contribution >= 4 is 22.3 Å². The van der Waals surface area contributed by atoms with Crippen LogP contribution in [-0.2, 0) is 0 Å². The topological polar surface area (TPSA) is 52.6 Å². The molecule has 0 heterocycles. The molecule has 134 valence electrons. The van der Waals surface area contributed by atoms with E-state index in [1.165, 1.54) is 0 Å². The Kier molecular flexibility index (Phi) is 6.50. The largest absolute Gasteiger partial charge is 0.497 e. The molecule has 0 atom stereocenters. The molecule has 3 rings (SSSR count). The number of fused-ring (bicyclic) bond motifs is 1. The number of carbonyl (C=O) groups excluding carboxylic acids is 2. The van der Waals surface area contributed by atoms with Crippen molar-refractivity contribution in [2.45, 2.75) is 13.8 Å². The Morgan fingerprint density at radius 2 is 1.08 bits per heavy atom. The van der Waals surface area contributed by atoms with Gasteiger partial charge in [0.1, 0.15) is 11.5 Å². The standard InChI is InChI=1S/C13H12O2.C9H10O2/c1-9(14)10-3-4-12-8-13(15-2)6-5-11(12)7-10;1-7(10)8-3-5-9(11-2)6-4-8/h3-8H,1-2H3;3-6H,1-2H3. The number of benzene rings is 3. The van der Waals surface area contributed by atoms with Crippen LogP contribution in [0.5, 0.6) is 11.5 Å². The predicted octanol–water partition coefficient (Wildman–Crippen LogP) is 4.95. The number of rotatable bonds is 4. The number of ether oxygens (including phenoxy) is 2. The molecule has 0 saturated heterocycles. The highest BCUT2D eigenvalue weighted by Crippen LogP contribution is 2.21. The van der Waals surface area contributed by atoms with Crippen LogP contribution in [-0.4, -0.2) is 25.8 Å². The van der Waals surface area contributed by atoms with Crippen LogP contribution in [0.1, 0.15) is 34.6 Å². The summed E-state index contributed by atoms with van der Waals surface area (Å²) in [6.45, 7) is 3.12. The van der Waals surface area contributed by atoms with E-state index < -0.39 is 0 Å². The monoisotopic (exact) mass is 350 g/mol. The zero-order chi connectivity index (χ0) is 19.1. The lowest BCUT2D eigenvalue weighted by molar-refractivity contribution is 0.100. The summed E-state index contributed by atoms with van der Waals surface area (Å²) in [6.07, 6.45) is 0. The smallest absolute Gasteiger partial charge is 0.159 e. The van der Waals surface area contributed by atoms with Gasteiger partial charge in [0.05, 0.1) is 14.2 Å². The van der Waals surface area contributed by atoms with Gasteiger partial charge in [0.2, 0.25) is 0 Å². The number of Topliss-reactive ketones (excluding diaryl/α,β-unsaturated/α-hetero) is 2. The molecule has 0 radical (unpaired) electrons. The Morgan fingerprint density at radius 3 is 1.62 bits per heavy atom. The van der Waals surface area contributed by atoms with Gasteiger partial charge in [0.15, 0.2) is 11.6 Å². The minimum Gasteiger partial charge on any atom is -0.497 e. The van der Waals surface area contributed by atoms with E-state index in [2.05, 4.69) is 0 Å². The molecule has 0 unspecified atom stereocenters. The third kappa shape index (κ3) is 4.93. The van der Waals surface area contributed by atoms with Crippen LogP contribution in [0, 0.1) is 0 Å². The zero-order valence-electron chi connectivity index (χ0n) is 15.4. The lowest BCUT2D eigenvalue weighted by Crippen LogP contribution is -1.91. The molecule has 26 heavy (non-hydrogen) atoms. The van der Waals surface area contributed by atoms with Gasteiger partial charge in [-0.2, -0.15) is 0 Å². The summed E-state index contributed by atoms with van der Waals surface area (Å²) in [4.78, 5) is 22.0. The van der Waals surface area contributed by atoms with Gasteiger partial charge in [-0.3, -0.25) is 9.59 Å². The van der Waals surface area contributed by atoms with Gasteiger partial charge >= 0.3 is 0 Å². The molecule has 3 aromatic carbocycles. The number of methoxy groups -OCH3 is 2. The first-order valence-electron chi connectivity index (χ1n) is 8.18. The maximum absolute atomic E-state index is 11.2. The second-order valence-corrected chi connectivity index (χ2v) is 5.77. The van der Waals surface area contributed by atoms with Gasteiger partial charge in [-0.1, -0.05) is 18.2 Å². The number of ketones is 2. The lowest BCUT2D eigenvalue weighted by atomic mass is 10.0. The first-order chi connectivity index (χ1) is 12.4. The van der Waals surface area contributed by atoms with Crippen LogP contribution in [0.2, 0.25) is 0 Å². The van der Waals surface area contributed by atoms with Crippen molar-refractivity contribution in [2.75, 3.05) is 14.2 Å². The summed E-state index contributed by atoms with van der Waals surface area (Å²) in [5.74, 6) is 1.77. The molecular weight excluding hydrogens is 328 g/mol. The minimum absolute atomic E-state index is 0.0765. The molecular formula is C22H22O4. The Labute approximate surface area is 153 Å². The van der Waals surface area contributed by atoms with Crippen LogP contribution in [0.4, 0.5) is 0 Å². The van der Waals surface area contributed by atoms with E-state index in [0.717, 1.165) is 27.8 Å². The van der Waals surface area contributed by atoms with E-state index in [-0.39, 0.29) is 11.6 Å². The Morgan fingerprint density at radius 1 is 0.615 bits per heavy atom. The maximum Gasteiger partial charge on any atom is 0.159 e.